The van der Waals surface area contributed by atoms with Gasteiger partial charge in [-0.2, -0.15) is 0 Å². The van der Waals surface area contributed by atoms with Crippen LogP contribution in [0.5, 0.6) is 0 Å². The lowest BCUT2D eigenvalue weighted by Crippen LogP contribution is -1.85. The van der Waals surface area contributed by atoms with Gasteiger partial charge in [-0.3, -0.25) is 0 Å². The summed E-state index contributed by atoms with van der Waals surface area (Å²) < 4.78 is 0. The Bertz CT molecular complexity index is 3930. The van der Waals surface area contributed by atoms with Crippen molar-refractivity contribution in [3.05, 3.63) is 255 Å². The molecule has 0 atom stereocenters. The summed E-state index contributed by atoms with van der Waals surface area (Å²) in [5, 5.41) is 23.4. The van der Waals surface area contributed by atoms with E-state index >= 15 is 0 Å². The minimum atomic E-state index is 1.25. The zero-order valence-electron chi connectivity index (χ0n) is 36.2. The first-order chi connectivity index (χ1) is 32.7. The van der Waals surface area contributed by atoms with Crippen LogP contribution < -0.4 is 0 Å². The minimum absolute atomic E-state index is 1.25. The zero-order valence-corrected chi connectivity index (χ0v) is 36.2. The van der Waals surface area contributed by atoms with Gasteiger partial charge in [0.25, 0.3) is 0 Å². The van der Waals surface area contributed by atoms with Crippen LogP contribution in [0.2, 0.25) is 0 Å². The van der Waals surface area contributed by atoms with Crippen molar-refractivity contribution in [2.75, 3.05) is 0 Å². The van der Waals surface area contributed by atoms with E-state index in [-0.39, 0.29) is 0 Å². The molecule has 0 saturated carbocycles. The molecule has 0 amide bonds. The van der Waals surface area contributed by atoms with Crippen molar-refractivity contribution in [1.29, 1.82) is 0 Å². The predicted octanol–water partition coefficient (Wildman–Crippen LogP) is 18.8. The first-order valence-electron chi connectivity index (χ1n) is 22.9. The maximum Gasteiger partial charge on any atom is -0.00987 e. The van der Waals surface area contributed by atoms with Crippen molar-refractivity contribution in [3.8, 4) is 33.4 Å². The van der Waals surface area contributed by atoms with E-state index in [1.165, 1.54) is 130 Å². The van der Waals surface area contributed by atoms with E-state index < -0.39 is 0 Å². The Labute approximate surface area is 383 Å². The van der Waals surface area contributed by atoms with E-state index in [9.17, 15) is 0 Å². The van der Waals surface area contributed by atoms with Gasteiger partial charge in [0.05, 0.1) is 0 Å². The van der Waals surface area contributed by atoms with Crippen LogP contribution in [0.3, 0.4) is 0 Å². The summed E-state index contributed by atoms with van der Waals surface area (Å²) in [5.41, 5.74) is 7.53. The van der Waals surface area contributed by atoms with E-state index in [2.05, 4.69) is 255 Å². The maximum atomic E-state index is 2.37. The van der Waals surface area contributed by atoms with Gasteiger partial charge in [-0.1, -0.05) is 231 Å². The fourth-order valence-corrected chi connectivity index (χ4v) is 10.5. The quantitative estimate of drug-likeness (QED) is 0.156. The van der Waals surface area contributed by atoms with Crippen LogP contribution in [0.15, 0.2) is 255 Å². The lowest BCUT2D eigenvalue weighted by atomic mass is 9.92. The molecule has 0 N–H and O–H groups in total. The number of benzene rings is 14. The molecule has 0 heterocycles. The smallest absolute Gasteiger partial charge is 0.00987 e. The highest BCUT2D eigenvalue weighted by Gasteiger charge is 2.11. The van der Waals surface area contributed by atoms with Gasteiger partial charge in [-0.15, -0.1) is 0 Å². The van der Waals surface area contributed by atoms with Gasteiger partial charge in [0.1, 0.15) is 0 Å². The van der Waals surface area contributed by atoms with Crippen LogP contribution in [-0.2, 0) is 0 Å². The van der Waals surface area contributed by atoms with Crippen molar-refractivity contribution >= 4 is 97.0 Å². The Morgan fingerprint density at radius 1 is 0.121 bits per heavy atom. The van der Waals surface area contributed by atoms with Gasteiger partial charge in [0.15, 0.2) is 0 Å². The summed E-state index contributed by atoms with van der Waals surface area (Å²) in [7, 11) is 0. The molecule has 14 aromatic rings. The standard InChI is InChI=1S/C36H22.C30H20/c1-3-7-29-23(5-1)13-19-33-31(29)17-15-25-9-11-27(21-35(25)33)28-12-10-26-16-18-32-30-8-4-2-6-24(30)14-20-34(32)36(26)22-28;1-3-7-21(8-4-1)25-13-11-23-15-18-28-27(29(23)19-25)17-16-24-12-14-26(20-30(24)28)22-9-5-2-6-10-22/h1-22H;1-20H. The molecule has 0 unspecified atom stereocenters. The predicted molar refractivity (Wildman–Crippen MR) is 287 cm³/mol. The Morgan fingerprint density at radius 3 is 0.667 bits per heavy atom. The lowest BCUT2D eigenvalue weighted by molar-refractivity contribution is 1.65. The van der Waals surface area contributed by atoms with E-state index in [4.69, 9.17) is 0 Å². The van der Waals surface area contributed by atoms with Crippen molar-refractivity contribution in [1.82, 2.24) is 0 Å². The molecular formula is C66H42. The van der Waals surface area contributed by atoms with Crippen molar-refractivity contribution in [2.45, 2.75) is 0 Å². The molecule has 0 aliphatic rings. The summed E-state index contributed by atoms with van der Waals surface area (Å²) >= 11 is 0. The SMILES string of the molecule is c1ccc(-c2ccc3ccc4c5cc(-c6ccccc6)ccc5ccc4c3c2)cc1.c1ccc2c(c1)ccc1c3cc(-c4ccc5ccc6c7ccccc7ccc6c5c4)ccc3ccc21. The Hall–Kier alpha value is -8.58. The summed E-state index contributed by atoms with van der Waals surface area (Å²) in [6.07, 6.45) is 0. The minimum Gasteiger partial charge on any atom is -0.0622 e. The Kier molecular flexibility index (Phi) is 8.96. The lowest BCUT2D eigenvalue weighted by Gasteiger charge is -2.12. The molecule has 14 aromatic carbocycles. The number of rotatable bonds is 3. The van der Waals surface area contributed by atoms with E-state index in [1.807, 2.05) is 0 Å². The number of hydrogen-bond acceptors (Lipinski definition) is 0. The molecule has 66 heavy (non-hydrogen) atoms. The van der Waals surface area contributed by atoms with Crippen LogP contribution >= 0.6 is 0 Å². The molecule has 0 nitrogen and oxygen atoms in total. The third kappa shape index (κ3) is 6.46. The number of hydrogen-bond donors (Lipinski definition) is 0. The van der Waals surface area contributed by atoms with Crippen molar-refractivity contribution < 1.29 is 0 Å². The van der Waals surface area contributed by atoms with Crippen LogP contribution in [0.1, 0.15) is 0 Å². The first-order valence-corrected chi connectivity index (χ1v) is 22.9. The monoisotopic (exact) mass is 834 g/mol. The zero-order chi connectivity index (χ0) is 43.6. The molecule has 0 aliphatic carbocycles. The van der Waals surface area contributed by atoms with E-state index in [1.54, 1.807) is 0 Å². The maximum absolute atomic E-state index is 2.37. The molecule has 0 heteroatoms. The van der Waals surface area contributed by atoms with Crippen molar-refractivity contribution in [3.63, 3.8) is 0 Å². The molecule has 0 bridgehead atoms. The highest BCUT2D eigenvalue weighted by atomic mass is 14.2. The van der Waals surface area contributed by atoms with Crippen LogP contribution in [0.25, 0.3) is 130 Å². The fourth-order valence-electron chi connectivity index (χ4n) is 10.5. The van der Waals surface area contributed by atoms with Gasteiger partial charge >= 0.3 is 0 Å². The van der Waals surface area contributed by atoms with Crippen LogP contribution in [-0.4, -0.2) is 0 Å². The Balaban J connectivity index is 0.000000134. The van der Waals surface area contributed by atoms with E-state index in [0.717, 1.165) is 0 Å². The fraction of sp³-hybridized carbons (Fsp3) is 0. The third-order valence-corrected chi connectivity index (χ3v) is 13.9. The first kappa shape index (κ1) is 37.9. The molecule has 0 radical (unpaired) electrons. The molecule has 306 valence electrons. The second-order valence-electron chi connectivity index (χ2n) is 17.6. The van der Waals surface area contributed by atoms with Crippen LogP contribution in [0.4, 0.5) is 0 Å². The van der Waals surface area contributed by atoms with E-state index in [0.29, 0.717) is 0 Å². The third-order valence-electron chi connectivity index (χ3n) is 13.9. The van der Waals surface area contributed by atoms with Crippen LogP contribution in [0, 0.1) is 0 Å². The summed E-state index contributed by atoms with van der Waals surface area (Å²) in [6, 6.07) is 93.1. The molecular weight excluding hydrogens is 793 g/mol. The molecule has 0 spiro atoms. The van der Waals surface area contributed by atoms with Gasteiger partial charge < -0.3 is 0 Å². The largest absolute Gasteiger partial charge is 0.0622 e. The Morgan fingerprint density at radius 2 is 0.348 bits per heavy atom. The summed E-state index contributed by atoms with van der Waals surface area (Å²) in [6.45, 7) is 0. The topological polar surface area (TPSA) is 0 Å². The van der Waals surface area contributed by atoms with Gasteiger partial charge in [-0.25, -0.2) is 0 Å². The highest BCUT2D eigenvalue weighted by molar-refractivity contribution is 6.20. The molecule has 14 rings (SSSR count). The molecule has 0 saturated heterocycles. The highest BCUT2D eigenvalue weighted by Crippen LogP contribution is 2.38. The molecule has 0 aromatic heterocycles. The van der Waals surface area contributed by atoms with Crippen molar-refractivity contribution in [2.24, 2.45) is 0 Å². The normalized spacial score (nSPS) is 11.6. The van der Waals surface area contributed by atoms with Gasteiger partial charge in [-0.05, 0) is 155 Å². The average molecular weight is 835 g/mol. The average Bonchev–Trinajstić information content (AvgIpc) is 3.40. The summed E-state index contributed by atoms with van der Waals surface area (Å²) in [5.74, 6) is 0. The number of fused-ring (bicyclic) bond motifs is 15. The molecule has 0 aliphatic heterocycles. The van der Waals surface area contributed by atoms with Gasteiger partial charge in [0, 0.05) is 0 Å². The second kappa shape index (κ2) is 15.6. The van der Waals surface area contributed by atoms with Gasteiger partial charge in [0.2, 0.25) is 0 Å². The molecule has 0 fully saturated rings. The summed E-state index contributed by atoms with van der Waals surface area (Å²) in [4.78, 5) is 0. The second-order valence-corrected chi connectivity index (χ2v) is 17.6.